The fraction of sp³-hybridized carbons (Fsp3) is 0.591. The van der Waals surface area contributed by atoms with Crippen LogP contribution in [0.15, 0.2) is 18.2 Å². The van der Waals surface area contributed by atoms with Crippen molar-refractivity contribution in [3.63, 3.8) is 0 Å². The second kappa shape index (κ2) is 9.82. The van der Waals surface area contributed by atoms with Crippen molar-refractivity contribution >= 4 is 17.7 Å². The molecule has 0 spiro atoms. The molecule has 28 heavy (non-hydrogen) atoms. The quantitative estimate of drug-likeness (QED) is 0.531. The zero-order chi connectivity index (χ0) is 19.9. The van der Waals surface area contributed by atoms with Crippen LogP contribution >= 0.6 is 0 Å². The van der Waals surface area contributed by atoms with E-state index in [0.29, 0.717) is 26.2 Å². The molecule has 1 heterocycles. The first-order valence-corrected chi connectivity index (χ1v) is 10.4. The molecule has 1 fully saturated rings. The highest BCUT2D eigenvalue weighted by atomic mass is 16.5. The smallest absolute Gasteiger partial charge is 0.320 e. The summed E-state index contributed by atoms with van der Waals surface area (Å²) < 4.78 is 5.00. The Hall–Kier alpha value is -2.21. The van der Waals surface area contributed by atoms with E-state index in [1.807, 2.05) is 21.9 Å². The number of rotatable bonds is 7. The fourth-order valence-corrected chi connectivity index (χ4v) is 4.04. The molecule has 0 atom stereocenters. The van der Waals surface area contributed by atoms with Gasteiger partial charge in [-0.15, -0.1) is 0 Å². The number of esters is 1. The lowest BCUT2D eigenvalue weighted by atomic mass is 10.0. The minimum atomic E-state index is -0.220. The third-order valence-corrected chi connectivity index (χ3v) is 5.59. The highest BCUT2D eigenvalue weighted by Gasteiger charge is 2.22. The fourth-order valence-electron chi connectivity index (χ4n) is 4.04. The van der Waals surface area contributed by atoms with Crippen molar-refractivity contribution in [3.8, 4) is 0 Å². The maximum atomic E-state index is 12.6. The van der Waals surface area contributed by atoms with Gasteiger partial charge >= 0.3 is 5.97 Å². The predicted octanol–water partition coefficient (Wildman–Crippen LogP) is 2.24. The van der Waals surface area contributed by atoms with E-state index in [4.69, 9.17) is 4.74 Å². The largest absolute Gasteiger partial charge is 0.465 e. The first kappa shape index (κ1) is 20.5. The van der Waals surface area contributed by atoms with E-state index in [-0.39, 0.29) is 37.0 Å². The standard InChI is InChI=1S/C22H30N2O4/c1-2-28-22(27)16-23-11-4-12-24(14-13-23)21(26)10-9-20(25)19-8-7-17-5-3-6-18(17)15-19/h7-8,15H,2-6,9-14,16H2,1H3. The van der Waals surface area contributed by atoms with Crippen molar-refractivity contribution in [1.82, 2.24) is 9.80 Å². The summed E-state index contributed by atoms with van der Waals surface area (Å²) in [4.78, 5) is 40.6. The van der Waals surface area contributed by atoms with E-state index < -0.39 is 0 Å². The van der Waals surface area contributed by atoms with Crippen LogP contribution in [0.5, 0.6) is 0 Å². The van der Waals surface area contributed by atoms with Crippen LogP contribution in [0.2, 0.25) is 0 Å². The van der Waals surface area contributed by atoms with Crippen molar-refractivity contribution in [2.24, 2.45) is 0 Å². The molecule has 0 saturated carbocycles. The summed E-state index contributed by atoms with van der Waals surface area (Å²) >= 11 is 0. The summed E-state index contributed by atoms with van der Waals surface area (Å²) in [5, 5.41) is 0. The first-order chi connectivity index (χ1) is 13.6. The number of fused-ring (bicyclic) bond motifs is 1. The van der Waals surface area contributed by atoms with E-state index in [9.17, 15) is 14.4 Å². The minimum Gasteiger partial charge on any atom is -0.465 e. The lowest BCUT2D eigenvalue weighted by molar-refractivity contribution is -0.144. The lowest BCUT2D eigenvalue weighted by Gasteiger charge is -2.21. The molecule has 1 aromatic rings. The molecule has 6 nitrogen and oxygen atoms in total. The van der Waals surface area contributed by atoms with Crippen LogP contribution in [0, 0.1) is 0 Å². The lowest BCUT2D eigenvalue weighted by Crippen LogP contribution is -2.37. The van der Waals surface area contributed by atoms with Crippen LogP contribution in [0.25, 0.3) is 0 Å². The molecule has 1 aliphatic carbocycles. The van der Waals surface area contributed by atoms with E-state index in [1.165, 1.54) is 11.1 Å². The molecule has 0 aromatic heterocycles. The molecule has 1 aliphatic heterocycles. The van der Waals surface area contributed by atoms with Gasteiger partial charge < -0.3 is 9.64 Å². The number of ether oxygens (including phenoxy) is 1. The van der Waals surface area contributed by atoms with Gasteiger partial charge in [-0.2, -0.15) is 0 Å². The number of hydrogen-bond acceptors (Lipinski definition) is 5. The van der Waals surface area contributed by atoms with Crippen LogP contribution in [-0.4, -0.2) is 66.8 Å². The Labute approximate surface area is 166 Å². The molecule has 6 heteroatoms. The molecule has 0 N–H and O–H groups in total. The number of carbonyl (C=O) groups is 3. The van der Waals surface area contributed by atoms with Crippen molar-refractivity contribution in [2.75, 3.05) is 39.3 Å². The van der Waals surface area contributed by atoms with Crippen LogP contribution in [0.3, 0.4) is 0 Å². The molecule has 2 aliphatic rings. The normalized spacial score (nSPS) is 17.1. The van der Waals surface area contributed by atoms with Gasteiger partial charge in [0.1, 0.15) is 0 Å². The van der Waals surface area contributed by atoms with Gasteiger partial charge in [0.15, 0.2) is 5.78 Å². The number of hydrogen-bond donors (Lipinski definition) is 0. The maximum absolute atomic E-state index is 12.6. The second-order valence-corrected chi connectivity index (χ2v) is 7.58. The number of benzene rings is 1. The van der Waals surface area contributed by atoms with Gasteiger partial charge in [-0.3, -0.25) is 19.3 Å². The summed E-state index contributed by atoms with van der Waals surface area (Å²) in [5.74, 6) is -0.156. The van der Waals surface area contributed by atoms with Gasteiger partial charge in [0.25, 0.3) is 0 Å². The summed E-state index contributed by atoms with van der Waals surface area (Å²) in [5.41, 5.74) is 3.36. The Balaban J connectivity index is 1.45. The van der Waals surface area contributed by atoms with E-state index >= 15 is 0 Å². The van der Waals surface area contributed by atoms with Gasteiger partial charge in [-0.25, -0.2) is 0 Å². The minimum absolute atomic E-state index is 0.0208. The third-order valence-electron chi connectivity index (χ3n) is 5.59. The first-order valence-electron chi connectivity index (χ1n) is 10.4. The van der Waals surface area contributed by atoms with E-state index in [0.717, 1.165) is 37.8 Å². The average Bonchev–Trinajstić information content (AvgIpc) is 3.04. The third kappa shape index (κ3) is 5.41. The molecule has 0 bridgehead atoms. The summed E-state index contributed by atoms with van der Waals surface area (Å²) in [6.07, 6.45) is 4.63. The SMILES string of the molecule is CCOC(=O)CN1CCCN(C(=O)CCC(=O)c2ccc3c(c2)CCC3)CC1. The number of ketones is 1. The summed E-state index contributed by atoms with van der Waals surface area (Å²) in [7, 11) is 0. The number of aryl methyl sites for hydroxylation is 2. The molecule has 0 radical (unpaired) electrons. The zero-order valence-corrected chi connectivity index (χ0v) is 16.7. The number of Topliss-reactive ketones (excluding diaryl/α,β-unsaturated/α-hetero) is 1. The second-order valence-electron chi connectivity index (χ2n) is 7.58. The van der Waals surface area contributed by atoms with Gasteiger partial charge in [-0.05, 0) is 49.8 Å². The van der Waals surface area contributed by atoms with Crippen LogP contribution in [0.4, 0.5) is 0 Å². The molecular weight excluding hydrogens is 356 g/mol. The molecule has 0 unspecified atom stereocenters. The Morgan fingerprint density at radius 2 is 1.79 bits per heavy atom. The molecule has 3 rings (SSSR count). The van der Waals surface area contributed by atoms with E-state index in [2.05, 4.69) is 6.07 Å². The molecule has 1 saturated heterocycles. The highest BCUT2D eigenvalue weighted by Crippen LogP contribution is 2.23. The van der Waals surface area contributed by atoms with Crippen molar-refractivity contribution in [1.29, 1.82) is 0 Å². The van der Waals surface area contributed by atoms with Gasteiger partial charge in [0.05, 0.1) is 13.2 Å². The average molecular weight is 386 g/mol. The zero-order valence-electron chi connectivity index (χ0n) is 16.7. The van der Waals surface area contributed by atoms with Crippen LogP contribution in [0.1, 0.15) is 54.1 Å². The predicted molar refractivity (Wildman–Crippen MR) is 106 cm³/mol. The Morgan fingerprint density at radius 1 is 0.964 bits per heavy atom. The summed E-state index contributed by atoms with van der Waals surface area (Å²) in [6, 6.07) is 5.97. The molecule has 1 amide bonds. The topological polar surface area (TPSA) is 66.9 Å². The number of carbonyl (C=O) groups excluding carboxylic acids is 3. The maximum Gasteiger partial charge on any atom is 0.320 e. The number of nitrogens with zero attached hydrogens (tertiary/aromatic N) is 2. The van der Waals surface area contributed by atoms with Crippen molar-refractivity contribution in [2.45, 2.75) is 45.4 Å². The molecule has 1 aromatic carbocycles. The van der Waals surface area contributed by atoms with E-state index in [1.54, 1.807) is 6.92 Å². The monoisotopic (exact) mass is 386 g/mol. The Morgan fingerprint density at radius 3 is 2.61 bits per heavy atom. The summed E-state index contributed by atoms with van der Waals surface area (Å²) in [6.45, 7) is 5.14. The van der Waals surface area contributed by atoms with Gasteiger partial charge in [0, 0.05) is 44.6 Å². The highest BCUT2D eigenvalue weighted by molar-refractivity contribution is 5.98. The number of amides is 1. The van der Waals surface area contributed by atoms with Crippen molar-refractivity contribution < 1.29 is 19.1 Å². The Kier molecular flexibility index (Phi) is 7.20. The van der Waals surface area contributed by atoms with Gasteiger partial charge in [0.2, 0.25) is 5.91 Å². The Bertz CT molecular complexity index is 731. The van der Waals surface area contributed by atoms with Crippen LogP contribution in [-0.2, 0) is 27.2 Å². The van der Waals surface area contributed by atoms with Crippen molar-refractivity contribution in [3.05, 3.63) is 34.9 Å². The molecule has 152 valence electrons. The molecular formula is C22H30N2O4. The van der Waals surface area contributed by atoms with Gasteiger partial charge in [-0.1, -0.05) is 12.1 Å². The van der Waals surface area contributed by atoms with Crippen LogP contribution < -0.4 is 0 Å².